The highest BCUT2D eigenvalue weighted by atomic mass is 15.1. The summed E-state index contributed by atoms with van der Waals surface area (Å²) in [5.74, 6) is 0.749. The van der Waals surface area contributed by atoms with Gasteiger partial charge < -0.3 is 16.0 Å². The number of imidazole rings is 1. The van der Waals surface area contributed by atoms with Crippen molar-refractivity contribution in [1.82, 2.24) is 9.97 Å². The maximum Gasteiger partial charge on any atom is 0.201 e. The van der Waals surface area contributed by atoms with E-state index in [-0.39, 0.29) is 0 Å². The van der Waals surface area contributed by atoms with Gasteiger partial charge in [0.15, 0.2) is 0 Å². The molecule has 0 bridgehead atoms. The monoisotopic (exact) mass is 202 g/mol. The topological polar surface area (TPSA) is 66.7 Å². The molecule has 0 amide bonds. The highest BCUT2D eigenvalue weighted by Crippen LogP contribution is 2.16. The number of aromatic nitrogens is 2. The van der Waals surface area contributed by atoms with Crippen molar-refractivity contribution in [2.45, 2.75) is 6.92 Å². The van der Waals surface area contributed by atoms with Gasteiger partial charge in [0, 0.05) is 12.2 Å². The van der Waals surface area contributed by atoms with Crippen LogP contribution in [-0.4, -0.2) is 16.5 Å². The van der Waals surface area contributed by atoms with E-state index < -0.39 is 0 Å². The van der Waals surface area contributed by atoms with E-state index in [2.05, 4.69) is 21.9 Å². The molecule has 0 aliphatic heterocycles. The molecule has 0 fully saturated rings. The molecule has 0 aliphatic carbocycles. The molecule has 4 N–H and O–H groups in total. The van der Waals surface area contributed by atoms with Crippen LogP contribution in [0, 0.1) is 0 Å². The van der Waals surface area contributed by atoms with Crippen LogP contribution < -0.4 is 11.1 Å². The van der Waals surface area contributed by atoms with Gasteiger partial charge in [-0.2, -0.15) is 0 Å². The summed E-state index contributed by atoms with van der Waals surface area (Å²) in [6.45, 7) is 6.50. The van der Waals surface area contributed by atoms with Crippen molar-refractivity contribution >= 4 is 22.7 Å². The summed E-state index contributed by atoms with van der Waals surface area (Å²) in [7, 11) is 0. The minimum absolute atomic E-state index is 0.718. The molecule has 4 nitrogen and oxygen atoms in total. The van der Waals surface area contributed by atoms with E-state index in [4.69, 9.17) is 5.73 Å². The smallest absolute Gasteiger partial charge is 0.201 e. The molecule has 2 rings (SSSR count). The van der Waals surface area contributed by atoms with Crippen molar-refractivity contribution < 1.29 is 0 Å². The lowest BCUT2D eigenvalue weighted by molar-refractivity contribution is 1.15. The highest BCUT2D eigenvalue weighted by molar-refractivity contribution is 5.80. The number of nitrogens with one attached hydrogen (secondary N) is 2. The zero-order chi connectivity index (χ0) is 10.8. The number of nitrogens with zero attached hydrogens (tertiary/aromatic N) is 1. The second-order valence-corrected chi connectivity index (χ2v) is 3.67. The fourth-order valence-electron chi connectivity index (χ4n) is 1.35. The highest BCUT2D eigenvalue weighted by Gasteiger charge is 2.01. The molecular weight excluding hydrogens is 188 g/mol. The second-order valence-electron chi connectivity index (χ2n) is 3.67. The Morgan fingerprint density at radius 2 is 2.40 bits per heavy atom. The van der Waals surface area contributed by atoms with Crippen molar-refractivity contribution in [3.05, 3.63) is 30.4 Å². The quantitative estimate of drug-likeness (QED) is 0.527. The first kappa shape index (κ1) is 9.58. The summed E-state index contributed by atoms with van der Waals surface area (Å²) in [5, 5.41) is 3.15. The summed E-state index contributed by atoms with van der Waals surface area (Å²) < 4.78 is 0. The van der Waals surface area contributed by atoms with Gasteiger partial charge in [-0.25, -0.2) is 4.98 Å². The Bertz CT molecular complexity index is 498. The van der Waals surface area contributed by atoms with Gasteiger partial charge >= 0.3 is 0 Å². The van der Waals surface area contributed by atoms with Gasteiger partial charge in [-0.15, -0.1) is 0 Å². The van der Waals surface area contributed by atoms with Gasteiger partial charge in [0.1, 0.15) is 0 Å². The largest absolute Gasteiger partial charge is 0.399 e. The molecule has 0 spiro atoms. The summed E-state index contributed by atoms with van der Waals surface area (Å²) in [5.41, 5.74) is 9.33. The van der Waals surface area contributed by atoms with E-state index in [1.807, 2.05) is 25.1 Å². The first-order chi connectivity index (χ1) is 7.15. The van der Waals surface area contributed by atoms with Crippen molar-refractivity contribution in [1.29, 1.82) is 0 Å². The van der Waals surface area contributed by atoms with Crippen LogP contribution in [0.1, 0.15) is 6.92 Å². The molecule has 78 valence electrons. The van der Waals surface area contributed by atoms with Gasteiger partial charge in [-0.1, -0.05) is 12.2 Å². The number of aromatic amines is 1. The van der Waals surface area contributed by atoms with Crippen molar-refractivity contribution in [2.24, 2.45) is 0 Å². The van der Waals surface area contributed by atoms with E-state index in [1.165, 1.54) is 0 Å². The maximum atomic E-state index is 5.67. The molecule has 0 radical (unpaired) electrons. The molecule has 2 aromatic rings. The van der Waals surface area contributed by atoms with Crippen LogP contribution >= 0.6 is 0 Å². The normalized spacial score (nSPS) is 10.5. The van der Waals surface area contributed by atoms with Gasteiger partial charge in [-0.05, 0) is 25.1 Å². The molecular formula is C11H14N4. The molecule has 0 saturated carbocycles. The van der Waals surface area contributed by atoms with Crippen molar-refractivity contribution in [2.75, 3.05) is 17.6 Å². The van der Waals surface area contributed by atoms with Crippen LogP contribution in [0.3, 0.4) is 0 Å². The number of nitrogen functional groups attached to an aromatic ring is 1. The fourth-order valence-corrected chi connectivity index (χ4v) is 1.35. The van der Waals surface area contributed by atoms with Crippen LogP contribution in [0.25, 0.3) is 11.0 Å². The number of rotatable bonds is 3. The Hall–Kier alpha value is -1.97. The number of fused-ring (bicyclic) bond motifs is 1. The van der Waals surface area contributed by atoms with E-state index in [0.29, 0.717) is 0 Å². The molecule has 1 aromatic heterocycles. The molecule has 1 heterocycles. The van der Waals surface area contributed by atoms with Gasteiger partial charge in [0.25, 0.3) is 0 Å². The Morgan fingerprint density at radius 1 is 1.60 bits per heavy atom. The average molecular weight is 202 g/mol. The minimum atomic E-state index is 0.718. The van der Waals surface area contributed by atoms with Crippen molar-refractivity contribution in [3.63, 3.8) is 0 Å². The van der Waals surface area contributed by atoms with E-state index in [1.54, 1.807) is 0 Å². The zero-order valence-electron chi connectivity index (χ0n) is 8.67. The Morgan fingerprint density at radius 3 is 3.13 bits per heavy atom. The number of anilines is 2. The predicted octanol–water partition coefficient (Wildman–Crippen LogP) is 2.13. The lowest BCUT2D eigenvalue weighted by Crippen LogP contribution is -2.02. The van der Waals surface area contributed by atoms with Crippen molar-refractivity contribution in [3.8, 4) is 0 Å². The third-order valence-corrected chi connectivity index (χ3v) is 2.06. The first-order valence-corrected chi connectivity index (χ1v) is 4.78. The standard InChI is InChI=1S/C11H14N4/c1-7(2)6-13-11-14-9-4-3-8(12)5-10(9)15-11/h3-5H,1,6,12H2,2H3,(H2,13,14,15). The number of hydrogen-bond donors (Lipinski definition) is 3. The number of nitrogens with two attached hydrogens (primary N) is 1. The number of benzene rings is 1. The predicted molar refractivity (Wildman–Crippen MR) is 63.8 cm³/mol. The maximum absolute atomic E-state index is 5.67. The summed E-state index contributed by atoms with van der Waals surface area (Å²) in [6.07, 6.45) is 0. The Labute approximate surface area is 88.2 Å². The lowest BCUT2D eigenvalue weighted by Gasteiger charge is -1.99. The second kappa shape index (κ2) is 3.65. The van der Waals surface area contributed by atoms with Crippen LogP contribution in [0.2, 0.25) is 0 Å². The van der Waals surface area contributed by atoms with Crippen LogP contribution in [-0.2, 0) is 0 Å². The third kappa shape index (κ3) is 2.10. The third-order valence-electron chi connectivity index (χ3n) is 2.06. The number of hydrogen-bond acceptors (Lipinski definition) is 3. The van der Waals surface area contributed by atoms with Gasteiger partial charge in [0.2, 0.25) is 5.95 Å². The fraction of sp³-hybridized carbons (Fsp3) is 0.182. The molecule has 4 heteroatoms. The molecule has 0 unspecified atom stereocenters. The van der Waals surface area contributed by atoms with Crippen LogP contribution in [0.5, 0.6) is 0 Å². The van der Waals surface area contributed by atoms with Crippen LogP contribution in [0.4, 0.5) is 11.6 Å². The summed E-state index contributed by atoms with van der Waals surface area (Å²) in [6, 6.07) is 5.60. The molecule has 0 saturated heterocycles. The summed E-state index contributed by atoms with van der Waals surface area (Å²) >= 11 is 0. The molecule has 1 aromatic carbocycles. The minimum Gasteiger partial charge on any atom is -0.399 e. The average Bonchev–Trinajstić information content (AvgIpc) is 2.56. The molecule has 0 atom stereocenters. The zero-order valence-corrected chi connectivity index (χ0v) is 8.67. The summed E-state index contributed by atoms with van der Waals surface area (Å²) in [4.78, 5) is 7.51. The SMILES string of the molecule is C=C(C)CNc1nc2ccc(N)cc2[nH]1. The van der Waals surface area contributed by atoms with Gasteiger partial charge in [0.05, 0.1) is 11.0 Å². The van der Waals surface area contributed by atoms with Crippen LogP contribution in [0.15, 0.2) is 30.4 Å². The molecule has 0 aliphatic rings. The van der Waals surface area contributed by atoms with E-state index in [9.17, 15) is 0 Å². The number of H-pyrrole nitrogens is 1. The Balaban J connectivity index is 2.27. The molecule has 15 heavy (non-hydrogen) atoms. The van der Waals surface area contributed by atoms with E-state index >= 15 is 0 Å². The lowest BCUT2D eigenvalue weighted by atomic mass is 10.3. The Kier molecular flexibility index (Phi) is 2.33. The van der Waals surface area contributed by atoms with E-state index in [0.717, 1.165) is 34.8 Å². The van der Waals surface area contributed by atoms with Gasteiger partial charge in [-0.3, -0.25) is 0 Å². The first-order valence-electron chi connectivity index (χ1n) is 4.78.